The van der Waals surface area contributed by atoms with E-state index in [0.717, 1.165) is 0 Å². The molecule has 2 N–H and O–H groups in total. The van der Waals surface area contributed by atoms with Crippen molar-refractivity contribution in [3.63, 3.8) is 0 Å². The Bertz CT molecular complexity index is 175. The van der Waals surface area contributed by atoms with Gasteiger partial charge in [-0.05, 0) is 20.3 Å². The SMILES string of the molecule is CC[C@H](O)[C@@H]1C[C@@H](OC(C)(C)O)CO1. The van der Waals surface area contributed by atoms with Crippen molar-refractivity contribution in [1.29, 1.82) is 0 Å². The van der Waals surface area contributed by atoms with E-state index >= 15 is 0 Å². The van der Waals surface area contributed by atoms with Crippen LogP contribution in [-0.2, 0) is 9.47 Å². The fourth-order valence-corrected chi connectivity index (χ4v) is 1.65. The fraction of sp³-hybridized carbons (Fsp3) is 1.00. The van der Waals surface area contributed by atoms with Gasteiger partial charge in [0.1, 0.15) is 0 Å². The van der Waals surface area contributed by atoms with Gasteiger partial charge in [-0.25, -0.2) is 0 Å². The van der Waals surface area contributed by atoms with Crippen LogP contribution < -0.4 is 0 Å². The molecule has 1 heterocycles. The van der Waals surface area contributed by atoms with E-state index < -0.39 is 11.9 Å². The van der Waals surface area contributed by atoms with Gasteiger partial charge in [-0.3, -0.25) is 0 Å². The third kappa shape index (κ3) is 3.53. The van der Waals surface area contributed by atoms with Crippen molar-refractivity contribution in [2.75, 3.05) is 6.61 Å². The summed E-state index contributed by atoms with van der Waals surface area (Å²) in [6, 6.07) is 0. The minimum absolute atomic E-state index is 0.110. The van der Waals surface area contributed by atoms with Crippen LogP contribution in [0.4, 0.5) is 0 Å². The first-order valence-electron chi connectivity index (χ1n) is 5.12. The van der Waals surface area contributed by atoms with Crippen LogP contribution in [0.15, 0.2) is 0 Å². The molecule has 1 saturated heterocycles. The van der Waals surface area contributed by atoms with Crippen LogP contribution in [0.5, 0.6) is 0 Å². The summed E-state index contributed by atoms with van der Waals surface area (Å²) in [4.78, 5) is 0. The predicted molar refractivity (Wildman–Crippen MR) is 51.8 cm³/mol. The standard InChI is InChI=1S/C10H20O4/c1-4-8(11)9-5-7(6-13-9)14-10(2,3)12/h7-9,11-12H,4-6H2,1-3H3/t7-,8+,9+/m1/s1. The zero-order chi connectivity index (χ0) is 10.8. The van der Waals surface area contributed by atoms with E-state index in [-0.39, 0.29) is 12.2 Å². The van der Waals surface area contributed by atoms with Crippen molar-refractivity contribution in [2.24, 2.45) is 0 Å². The quantitative estimate of drug-likeness (QED) is 0.660. The lowest BCUT2D eigenvalue weighted by Gasteiger charge is -2.22. The van der Waals surface area contributed by atoms with Gasteiger partial charge in [-0.2, -0.15) is 0 Å². The van der Waals surface area contributed by atoms with E-state index in [1.165, 1.54) is 0 Å². The van der Waals surface area contributed by atoms with Crippen molar-refractivity contribution < 1.29 is 19.7 Å². The van der Waals surface area contributed by atoms with E-state index in [1.807, 2.05) is 6.92 Å². The summed E-state index contributed by atoms with van der Waals surface area (Å²) in [6.07, 6.45) is 0.651. The molecule has 0 unspecified atom stereocenters. The number of ether oxygens (including phenoxy) is 2. The summed E-state index contributed by atoms with van der Waals surface area (Å²) in [7, 11) is 0. The van der Waals surface area contributed by atoms with Gasteiger partial charge in [0, 0.05) is 6.42 Å². The first-order chi connectivity index (χ1) is 6.42. The Morgan fingerprint density at radius 1 is 1.57 bits per heavy atom. The molecule has 0 radical (unpaired) electrons. The third-order valence-electron chi connectivity index (χ3n) is 2.29. The molecule has 0 bridgehead atoms. The zero-order valence-corrected chi connectivity index (χ0v) is 9.06. The Hall–Kier alpha value is -0.160. The monoisotopic (exact) mass is 204 g/mol. The number of hydrogen-bond donors (Lipinski definition) is 2. The summed E-state index contributed by atoms with van der Waals surface area (Å²) in [5.74, 6) is -1.12. The van der Waals surface area contributed by atoms with E-state index in [0.29, 0.717) is 19.4 Å². The van der Waals surface area contributed by atoms with Crippen LogP contribution in [0, 0.1) is 0 Å². The van der Waals surface area contributed by atoms with Crippen molar-refractivity contribution in [2.45, 2.75) is 57.7 Å². The summed E-state index contributed by atoms with van der Waals surface area (Å²) in [6.45, 7) is 5.55. The molecule has 0 amide bonds. The first-order valence-corrected chi connectivity index (χ1v) is 5.12. The van der Waals surface area contributed by atoms with Crippen molar-refractivity contribution in [1.82, 2.24) is 0 Å². The van der Waals surface area contributed by atoms with Gasteiger partial charge in [0.05, 0.1) is 24.9 Å². The van der Waals surface area contributed by atoms with Crippen LogP contribution in [0.1, 0.15) is 33.6 Å². The van der Waals surface area contributed by atoms with Gasteiger partial charge in [-0.15, -0.1) is 0 Å². The molecule has 1 aliphatic rings. The van der Waals surface area contributed by atoms with Gasteiger partial charge < -0.3 is 19.7 Å². The minimum atomic E-state index is -1.12. The van der Waals surface area contributed by atoms with E-state index in [1.54, 1.807) is 13.8 Å². The number of rotatable bonds is 4. The van der Waals surface area contributed by atoms with Crippen LogP contribution in [0.3, 0.4) is 0 Å². The summed E-state index contributed by atoms with van der Waals surface area (Å²) in [5, 5.41) is 19.0. The highest BCUT2D eigenvalue weighted by atomic mass is 16.6. The van der Waals surface area contributed by atoms with Crippen LogP contribution in [0.25, 0.3) is 0 Å². The van der Waals surface area contributed by atoms with Gasteiger partial charge in [0.25, 0.3) is 0 Å². The molecule has 1 rings (SSSR count). The Labute approximate surface area is 84.8 Å². The summed E-state index contributed by atoms with van der Waals surface area (Å²) < 4.78 is 10.7. The van der Waals surface area contributed by atoms with E-state index in [9.17, 15) is 10.2 Å². The van der Waals surface area contributed by atoms with Crippen molar-refractivity contribution >= 4 is 0 Å². The highest BCUT2D eigenvalue weighted by molar-refractivity contribution is 4.80. The third-order valence-corrected chi connectivity index (χ3v) is 2.29. The Kier molecular flexibility index (Phi) is 3.89. The zero-order valence-electron chi connectivity index (χ0n) is 9.06. The average Bonchev–Trinajstić information content (AvgIpc) is 2.48. The van der Waals surface area contributed by atoms with Gasteiger partial charge in [0.15, 0.2) is 5.79 Å². The van der Waals surface area contributed by atoms with Crippen LogP contribution in [0.2, 0.25) is 0 Å². The highest BCUT2D eigenvalue weighted by Crippen LogP contribution is 2.23. The lowest BCUT2D eigenvalue weighted by molar-refractivity contribution is -0.204. The Morgan fingerprint density at radius 3 is 2.71 bits per heavy atom. The van der Waals surface area contributed by atoms with Crippen LogP contribution >= 0.6 is 0 Å². The molecule has 1 fully saturated rings. The molecule has 0 saturated carbocycles. The molecule has 1 aliphatic heterocycles. The molecule has 4 nitrogen and oxygen atoms in total. The largest absolute Gasteiger partial charge is 0.390 e. The molecule has 0 aliphatic carbocycles. The average molecular weight is 204 g/mol. The molecule has 14 heavy (non-hydrogen) atoms. The van der Waals surface area contributed by atoms with E-state index in [2.05, 4.69) is 0 Å². The predicted octanol–water partition coefficient (Wildman–Crippen LogP) is 0.660. The summed E-state index contributed by atoms with van der Waals surface area (Å²) in [5.41, 5.74) is 0. The van der Waals surface area contributed by atoms with Gasteiger partial charge >= 0.3 is 0 Å². The second-order valence-corrected chi connectivity index (χ2v) is 4.27. The Morgan fingerprint density at radius 2 is 2.21 bits per heavy atom. The first kappa shape index (κ1) is 11.9. The molecular weight excluding hydrogens is 184 g/mol. The minimum Gasteiger partial charge on any atom is -0.390 e. The maximum Gasteiger partial charge on any atom is 0.160 e. The van der Waals surface area contributed by atoms with E-state index in [4.69, 9.17) is 9.47 Å². The lowest BCUT2D eigenvalue weighted by atomic mass is 10.1. The number of hydrogen-bond acceptors (Lipinski definition) is 4. The summed E-state index contributed by atoms with van der Waals surface area (Å²) >= 11 is 0. The smallest absolute Gasteiger partial charge is 0.160 e. The lowest BCUT2D eigenvalue weighted by Crippen LogP contribution is -2.31. The molecule has 0 spiro atoms. The molecule has 0 aromatic heterocycles. The van der Waals surface area contributed by atoms with Crippen molar-refractivity contribution in [3.05, 3.63) is 0 Å². The normalized spacial score (nSPS) is 30.6. The molecule has 4 heteroatoms. The topological polar surface area (TPSA) is 58.9 Å². The maximum absolute atomic E-state index is 9.53. The molecule has 3 atom stereocenters. The maximum atomic E-state index is 9.53. The van der Waals surface area contributed by atoms with Crippen LogP contribution in [-0.4, -0.2) is 40.9 Å². The molecule has 0 aromatic carbocycles. The second kappa shape index (κ2) is 4.57. The van der Waals surface area contributed by atoms with Gasteiger partial charge in [-0.1, -0.05) is 6.92 Å². The molecular formula is C10H20O4. The molecule has 84 valence electrons. The number of aliphatic hydroxyl groups is 2. The fourth-order valence-electron chi connectivity index (χ4n) is 1.65. The van der Waals surface area contributed by atoms with Crippen molar-refractivity contribution in [3.8, 4) is 0 Å². The Balaban J connectivity index is 2.34. The van der Waals surface area contributed by atoms with Gasteiger partial charge in [0.2, 0.25) is 0 Å². The number of aliphatic hydroxyl groups excluding tert-OH is 1. The second-order valence-electron chi connectivity index (χ2n) is 4.27. The highest BCUT2D eigenvalue weighted by Gasteiger charge is 2.33. The molecule has 0 aromatic rings.